The first-order valence-corrected chi connectivity index (χ1v) is 12.2. The van der Waals surface area contributed by atoms with E-state index in [1.807, 2.05) is 0 Å². The van der Waals surface area contributed by atoms with Crippen molar-refractivity contribution in [1.29, 1.82) is 0 Å². The average Bonchev–Trinajstić information content (AvgIpc) is 2.82. The van der Waals surface area contributed by atoms with E-state index in [9.17, 15) is 9.18 Å². The molecule has 2 aliphatic rings. The molecule has 1 amide bonds. The molecule has 0 radical (unpaired) electrons. The fourth-order valence-electron chi connectivity index (χ4n) is 4.73. The lowest BCUT2D eigenvalue weighted by Crippen LogP contribution is -2.40. The van der Waals surface area contributed by atoms with Crippen molar-refractivity contribution < 1.29 is 9.18 Å². The van der Waals surface area contributed by atoms with Crippen molar-refractivity contribution in [1.82, 2.24) is 15.1 Å². The minimum absolute atomic E-state index is 0.0146. The first-order chi connectivity index (χ1) is 15.6. The fourth-order valence-corrected chi connectivity index (χ4v) is 4.95. The van der Waals surface area contributed by atoms with Crippen molar-refractivity contribution in [2.24, 2.45) is 5.92 Å². The quantitative estimate of drug-likeness (QED) is 0.636. The van der Waals surface area contributed by atoms with Gasteiger partial charge in [0.1, 0.15) is 5.82 Å². The standard InChI is InChI=1S/C26H33ClFN3O/c27-24-5-4-6-25(28)23(24)19-31-15-11-22(12-16-31)26(32)29-17-20-7-9-21(10-8-20)18-30-13-2-1-3-14-30/h4-10,22H,1-3,11-19H2,(H,29,32). The molecule has 0 bridgehead atoms. The number of halogens is 2. The molecule has 2 aromatic carbocycles. The van der Waals surface area contributed by atoms with Crippen LogP contribution in [0.5, 0.6) is 0 Å². The predicted molar refractivity (Wildman–Crippen MR) is 127 cm³/mol. The van der Waals surface area contributed by atoms with Gasteiger partial charge in [0, 0.05) is 36.1 Å². The minimum Gasteiger partial charge on any atom is -0.352 e. The zero-order valence-electron chi connectivity index (χ0n) is 18.7. The van der Waals surface area contributed by atoms with Crippen molar-refractivity contribution in [2.75, 3.05) is 26.2 Å². The molecule has 4 nitrogen and oxygen atoms in total. The zero-order chi connectivity index (χ0) is 22.3. The van der Waals surface area contributed by atoms with E-state index >= 15 is 0 Å². The number of carbonyl (C=O) groups excluding carboxylic acids is 1. The van der Waals surface area contributed by atoms with Crippen LogP contribution in [0.2, 0.25) is 5.02 Å². The number of rotatable bonds is 7. The van der Waals surface area contributed by atoms with E-state index in [4.69, 9.17) is 11.6 Å². The highest BCUT2D eigenvalue weighted by atomic mass is 35.5. The SMILES string of the molecule is O=C(NCc1ccc(CN2CCCCC2)cc1)C1CCN(Cc2c(F)cccc2Cl)CC1. The van der Waals surface area contributed by atoms with Crippen LogP contribution in [0.4, 0.5) is 4.39 Å². The Hall–Kier alpha value is -1.95. The Balaban J connectivity index is 1.19. The number of nitrogens with zero attached hydrogens (tertiary/aromatic N) is 2. The van der Waals surface area contributed by atoms with Gasteiger partial charge in [-0.25, -0.2) is 4.39 Å². The molecule has 2 heterocycles. The number of likely N-dealkylation sites (tertiary alicyclic amines) is 2. The molecule has 0 aromatic heterocycles. The molecular formula is C26H33ClFN3O. The van der Waals surface area contributed by atoms with Gasteiger partial charge in [0.2, 0.25) is 5.91 Å². The molecule has 32 heavy (non-hydrogen) atoms. The molecule has 2 aliphatic heterocycles. The summed E-state index contributed by atoms with van der Waals surface area (Å²) < 4.78 is 14.0. The summed E-state index contributed by atoms with van der Waals surface area (Å²) in [5, 5.41) is 3.57. The van der Waals surface area contributed by atoms with Crippen LogP contribution in [-0.4, -0.2) is 41.9 Å². The van der Waals surface area contributed by atoms with E-state index in [0.29, 0.717) is 23.7 Å². The predicted octanol–water partition coefficient (Wildman–Crippen LogP) is 4.99. The van der Waals surface area contributed by atoms with Crippen molar-refractivity contribution in [3.05, 3.63) is 70.0 Å². The number of piperidine rings is 2. The van der Waals surface area contributed by atoms with Gasteiger partial charge in [-0.3, -0.25) is 14.6 Å². The molecule has 0 atom stereocenters. The number of carbonyl (C=O) groups is 1. The van der Waals surface area contributed by atoms with Gasteiger partial charge in [0.15, 0.2) is 0 Å². The normalized spacial score (nSPS) is 18.6. The molecule has 4 rings (SSSR count). The van der Waals surface area contributed by atoms with Gasteiger partial charge in [0.25, 0.3) is 0 Å². The van der Waals surface area contributed by atoms with Crippen LogP contribution < -0.4 is 5.32 Å². The largest absolute Gasteiger partial charge is 0.352 e. The third-order valence-corrected chi connectivity index (χ3v) is 7.10. The molecular weight excluding hydrogens is 425 g/mol. The number of hydrogen-bond donors (Lipinski definition) is 1. The second-order valence-electron chi connectivity index (χ2n) is 9.12. The van der Waals surface area contributed by atoms with Crippen LogP contribution in [0.3, 0.4) is 0 Å². The minimum atomic E-state index is -0.265. The molecule has 0 unspecified atom stereocenters. The maximum atomic E-state index is 14.0. The molecule has 1 N–H and O–H groups in total. The van der Waals surface area contributed by atoms with Gasteiger partial charge in [-0.05, 0) is 75.1 Å². The summed E-state index contributed by atoms with van der Waals surface area (Å²) in [5.41, 5.74) is 3.01. The lowest BCUT2D eigenvalue weighted by Gasteiger charge is -2.31. The Kier molecular flexibility index (Phi) is 8.17. The summed E-state index contributed by atoms with van der Waals surface area (Å²) in [6.45, 7) is 6.01. The maximum Gasteiger partial charge on any atom is 0.223 e. The zero-order valence-corrected chi connectivity index (χ0v) is 19.4. The first kappa shape index (κ1) is 23.2. The molecule has 0 spiro atoms. The lowest BCUT2D eigenvalue weighted by molar-refractivity contribution is -0.126. The molecule has 0 aliphatic carbocycles. The van der Waals surface area contributed by atoms with Crippen LogP contribution in [-0.2, 0) is 24.4 Å². The fraction of sp³-hybridized carbons (Fsp3) is 0.500. The highest BCUT2D eigenvalue weighted by Gasteiger charge is 2.25. The first-order valence-electron chi connectivity index (χ1n) is 11.8. The Bertz CT molecular complexity index is 870. The van der Waals surface area contributed by atoms with Crippen molar-refractivity contribution in [3.8, 4) is 0 Å². The van der Waals surface area contributed by atoms with E-state index in [-0.39, 0.29) is 17.6 Å². The molecule has 0 saturated carbocycles. The van der Waals surface area contributed by atoms with Gasteiger partial charge in [-0.1, -0.05) is 48.4 Å². The van der Waals surface area contributed by atoms with Crippen LogP contribution in [0.25, 0.3) is 0 Å². The van der Waals surface area contributed by atoms with Crippen molar-refractivity contribution in [2.45, 2.75) is 51.7 Å². The van der Waals surface area contributed by atoms with Gasteiger partial charge in [0.05, 0.1) is 0 Å². The smallest absolute Gasteiger partial charge is 0.223 e. The molecule has 2 saturated heterocycles. The van der Waals surface area contributed by atoms with E-state index in [1.165, 1.54) is 44.0 Å². The van der Waals surface area contributed by atoms with E-state index in [2.05, 4.69) is 39.4 Å². The summed E-state index contributed by atoms with van der Waals surface area (Å²) in [4.78, 5) is 17.4. The third-order valence-electron chi connectivity index (χ3n) is 6.75. The second-order valence-corrected chi connectivity index (χ2v) is 9.53. The summed E-state index contributed by atoms with van der Waals surface area (Å²) in [7, 11) is 0. The molecule has 2 aromatic rings. The Morgan fingerprint density at radius 2 is 1.56 bits per heavy atom. The number of hydrogen-bond acceptors (Lipinski definition) is 3. The average molecular weight is 458 g/mol. The number of nitrogens with one attached hydrogen (secondary N) is 1. The monoisotopic (exact) mass is 457 g/mol. The van der Waals surface area contributed by atoms with Crippen LogP contribution in [0, 0.1) is 11.7 Å². The Morgan fingerprint density at radius 1 is 0.906 bits per heavy atom. The van der Waals surface area contributed by atoms with Crippen molar-refractivity contribution >= 4 is 17.5 Å². The summed E-state index contributed by atoms with van der Waals surface area (Å²) >= 11 is 6.15. The lowest BCUT2D eigenvalue weighted by atomic mass is 9.95. The second kappa shape index (κ2) is 11.3. The van der Waals surface area contributed by atoms with Crippen molar-refractivity contribution in [3.63, 3.8) is 0 Å². The van der Waals surface area contributed by atoms with E-state index in [1.54, 1.807) is 12.1 Å². The van der Waals surface area contributed by atoms with Gasteiger partial charge < -0.3 is 5.32 Å². The Labute approximate surface area is 195 Å². The number of benzene rings is 2. The van der Waals surface area contributed by atoms with Crippen LogP contribution >= 0.6 is 11.6 Å². The topological polar surface area (TPSA) is 35.6 Å². The number of amides is 1. The van der Waals surface area contributed by atoms with Gasteiger partial charge >= 0.3 is 0 Å². The van der Waals surface area contributed by atoms with Gasteiger partial charge in [-0.2, -0.15) is 0 Å². The van der Waals surface area contributed by atoms with Crippen LogP contribution in [0.15, 0.2) is 42.5 Å². The summed E-state index contributed by atoms with van der Waals surface area (Å²) in [6.07, 6.45) is 5.54. The molecule has 6 heteroatoms. The summed E-state index contributed by atoms with van der Waals surface area (Å²) in [6, 6.07) is 13.4. The molecule has 2 fully saturated rings. The van der Waals surface area contributed by atoms with E-state index in [0.717, 1.165) is 38.0 Å². The van der Waals surface area contributed by atoms with Gasteiger partial charge in [-0.15, -0.1) is 0 Å². The highest BCUT2D eigenvalue weighted by Crippen LogP contribution is 2.24. The molecule has 172 valence electrons. The van der Waals surface area contributed by atoms with Crippen LogP contribution in [0.1, 0.15) is 48.8 Å². The Morgan fingerprint density at radius 3 is 2.25 bits per heavy atom. The van der Waals surface area contributed by atoms with E-state index < -0.39 is 0 Å². The third kappa shape index (κ3) is 6.31. The highest BCUT2D eigenvalue weighted by molar-refractivity contribution is 6.31. The summed E-state index contributed by atoms with van der Waals surface area (Å²) in [5.74, 6) is -0.133. The maximum absolute atomic E-state index is 14.0.